The highest BCUT2D eigenvalue weighted by molar-refractivity contribution is 5.36. The molecule has 1 atom stereocenters. The van der Waals surface area contributed by atoms with Crippen molar-refractivity contribution in [3.63, 3.8) is 0 Å². The van der Waals surface area contributed by atoms with Gasteiger partial charge in [-0.1, -0.05) is 45.0 Å². The Hall–Kier alpha value is -1.67. The average Bonchev–Trinajstić information content (AvgIpc) is 2.50. The number of benzene rings is 1. The normalized spacial score (nSPS) is 12.6. The SMILES string of the molecule is CCCNC(c1ccc(C(C)C)cc1)c1ccncc1C. The van der Waals surface area contributed by atoms with E-state index >= 15 is 0 Å². The quantitative estimate of drug-likeness (QED) is 0.837. The zero-order valence-corrected chi connectivity index (χ0v) is 13.6. The Morgan fingerprint density at radius 1 is 1.05 bits per heavy atom. The predicted molar refractivity (Wildman–Crippen MR) is 89.6 cm³/mol. The monoisotopic (exact) mass is 282 g/mol. The fourth-order valence-corrected chi connectivity index (χ4v) is 2.58. The zero-order valence-electron chi connectivity index (χ0n) is 13.6. The van der Waals surface area contributed by atoms with Crippen LogP contribution in [0.25, 0.3) is 0 Å². The maximum Gasteiger partial charge on any atom is 0.0580 e. The summed E-state index contributed by atoms with van der Waals surface area (Å²) in [5, 5.41) is 3.66. The minimum atomic E-state index is 0.245. The van der Waals surface area contributed by atoms with Gasteiger partial charge in [0.15, 0.2) is 0 Å². The Morgan fingerprint density at radius 3 is 2.29 bits per heavy atom. The number of rotatable bonds is 6. The molecule has 2 nitrogen and oxygen atoms in total. The van der Waals surface area contributed by atoms with Crippen LogP contribution >= 0.6 is 0 Å². The summed E-state index contributed by atoms with van der Waals surface area (Å²) in [4.78, 5) is 4.21. The van der Waals surface area contributed by atoms with Gasteiger partial charge in [-0.2, -0.15) is 0 Å². The zero-order chi connectivity index (χ0) is 15.2. The van der Waals surface area contributed by atoms with Crippen LogP contribution in [0.15, 0.2) is 42.7 Å². The van der Waals surface area contributed by atoms with Gasteiger partial charge >= 0.3 is 0 Å². The molecule has 1 N–H and O–H groups in total. The minimum absolute atomic E-state index is 0.245. The summed E-state index contributed by atoms with van der Waals surface area (Å²) in [6.45, 7) is 9.80. The number of aryl methyl sites for hydroxylation is 1. The molecule has 0 fully saturated rings. The van der Waals surface area contributed by atoms with E-state index in [0.717, 1.165) is 13.0 Å². The largest absolute Gasteiger partial charge is 0.306 e. The first-order valence-electron chi connectivity index (χ1n) is 7.87. The molecule has 0 spiro atoms. The number of pyridine rings is 1. The predicted octanol–water partition coefficient (Wildman–Crippen LogP) is 4.60. The van der Waals surface area contributed by atoms with Crippen molar-refractivity contribution in [1.29, 1.82) is 0 Å². The Labute approximate surface area is 128 Å². The van der Waals surface area contributed by atoms with Crippen molar-refractivity contribution in [2.24, 2.45) is 0 Å². The van der Waals surface area contributed by atoms with Gasteiger partial charge < -0.3 is 5.32 Å². The molecule has 0 aliphatic heterocycles. The lowest BCUT2D eigenvalue weighted by atomic mass is 9.93. The smallest absolute Gasteiger partial charge is 0.0580 e. The molecule has 112 valence electrons. The third kappa shape index (κ3) is 3.92. The number of hydrogen-bond donors (Lipinski definition) is 1. The van der Waals surface area contributed by atoms with Crippen LogP contribution in [0.2, 0.25) is 0 Å². The molecule has 1 aromatic heterocycles. The first kappa shape index (κ1) is 15.7. The standard InChI is InChI=1S/C19H26N2/c1-5-11-21-19(18-10-12-20-13-15(18)4)17-8-6-16(7-9-17)14(2)3/h6-10,12-14,19,21H,5,11H2,1-4H3. The Morgan fingerprint density at radius 2 is 1.71 bits per heavy atom. The molecule has 2 aromatic rings. The molecule has 0 aliphatic rings. The van der Waals surface area contributed by atoms with Crippen LogP contribution in [0.5, 0.6) is 0 Å². The van der Waals surface area contributed by atoms with E-state index in [0.29, 0.717) is 5.92 Å². The molecule has 1 unspecified atom stereocenters. The van der Waals surface area contributed by atoms with Gasteiger partial charge in [0.05, 0.1) is 6.04 Å². The van der Waals surface area contributed by atoms with E-state index < -0.39 is 0 Å². The maximum absolute atomic E-state index is 4.21. The van der Waals surface area contributed by atoms with Gasteiger partial charge in [0.2, 0.25) is 0 Å². The van der Waals surface area contributed by atoms with Crippen LogP contribution in [0.4, 0.5) is 0 Å². The Bertz CT molecular complexity index is 558. The first-order chi connectivity index (χ1) is 10.1. The van der Waals surface area contributed by atoms with Crippen LogP contribution in [-0.4, -0.2) is 11.5 Å². The van der Waals surface area contributed by atoms with E-state index in [1.54, 1.807) is 0 Å². The van der Waals surface area contributed by atoms with Gasteiger partial charge in [0.25, 0.3) is 0 Å². The van der Waals surface area contributed by atoms with E-state index in [9.17, 15) is 0 Å². The van der Waals surface area contributed by atoms with Gasteiger partial charge in [0, 0.05) is 12.4 Å². The van der Waals surface area contributed by atoms with Gasteiger partial charge in [-0.15, -0.1) is 0 Å². The molecule has 0 saturated carbocycles. The third-order valence-electron chi connectivity index (χ3n) is 3.91. The summed E-state index contributed by atoms with van der Waals surface area (Å²) in [6.07, 6.45) is 4.95. The van der Waals surface area contributed by atoms with Crippen molar-refractivity contribution in [3.05, 3.63) is 65.0 Å². The van der Waals surface area contributed by atoms with Crippen molar-refractivity contribution in [2.75, 3.05) is 6.54 Å². The highest BCUT2D eigenvalue weighted by atomic mass is 14.9. The lowest BCUT2D eigenvalue weighted by molar-refractivity contribution is 0.595. The van der Waals surface area contributed by atoms with E-state index in [-0.39, 0.29) is 6.04 Å². The second-order valence-electron chi connectivity index (χ2n) is 5.94. The van der Waals surface area contributed by atoms with Gasteiger partial charge in [-0.05, 0) is 54.1 Å². The summed E-state index contributed by atoms with van der Waals surface area (Å²) in [5.41, 5.74) is 5.26. The van der Waals surface area contributed by atoms with Crippen LogP contribution in [0.1, 0.15) is 61.4 Å². The first-order valence-corrected chi connectivity index (χ1v) is 7.87. The van der Waals surface area contributed by atoms with Gasteiger partial charge in [-0.25, -0.2) is 0 Å². The van der Waals surface area contributed by atoms with Crippen LogP contribution < -0.4 is 5.32 Å². The van der Waals surface area contributed by atoms with E-state index in [4.69, 9.17) is 0 Å². The second-order valence-corrected chi connectivity index (χ2v) is 5.94. The molecule has 0 aliphatic carbocycles. The van der Waals surface area contributed by atoms with Crippen molar-refractivity contribution in [2.45, 2.75) is 46.1 Å². The van der Waals surface area contributed by atoms with Gasteiger partial charge in [-0.3, -0.25) is 4.98 Å². The summed E-state index contributed by atoms with van der Waals surface area (Å²) in [5.74, 6) is 0.573. The van der Waals surface area contributed by atoms with Crippen molar-refractivity contribution in [1.82, 2.24) is 10.3 Å². The highest BCUT2D eigenvalue weighted by Gasteiger charge is 2.15. The Balaban J connectivity index is 2.33. The van der Waals surface area contributed by atoms with E-state index in [1.807, 2.05) is 12.4 Å². The van der Waals surface area contributed by atoms with Crippen LogP contribution in [0, 0.1) is 6.92 Å². The molecule has 1 heterocycles. The fraction of sp³-hybridized carbons (Fsp3) is 0.421. The molecule has 0 saturated heterocycles. The number of aromatic nitrogens is 1. The molecule has 2 heteroatoms. The molecular weight excluding hydrogens is 256 g/mol. The number of nitrogens with zero attached hydrogens (tertiary/aromatic N) is 1. The number of nitrogens with one attached hydrogen (secondary N) is 1. The van der Waals surface area contributed by atoms with Crippen LogP contribution in [-0.2, 0) is 0 Å². The van der Waals surface area contributed by atoms with Crippen molar-refractivity contribution in [3.8, 4) is 0 Å². The molecule has 0 radical (unpaired) electrons. The summed E-state index contributed by atoms with van der Waals surface area (Å²) in [7, 11) is 0. The molecule has 0 amide bonds. The van der Waals surface area contributed by atoms with Gasteiger partial charge in [0.1, 0.15) is 0 Å². The van der Waals surface area contributed by atoms with Crippen LogP contribution in [0.3, 0.4) is 0 Å². The maximum atomic E-state index is 4.21. The lowest BCUT2D eigenvalue weighted by Crippen LogP contribution is -2.24. The minimum Gasteiger partial charge on any atom is -0.306 e. The highest BCUT2D eigenvalue weighted by Crippen LogP contribution is 2.26. The molecule has 21 heavy (non-hydrogen) atoms. The fourth-order valence-electron chi connectivity index (χ4n) is 2.58. The molecule has 1 aromatic carbocycles. The molecular formula is C19H26N2. The summed E-state index contributed by atoms with van der Waals surface area (Å²) < 4.78 is 0. The van der Waals surface area contributed by atoms with E-state index in [2.05, 4.69) is 68.3 Å². The third-order valence-corrected chi connectivity index (χ3v) is 3.91. The summed E-state index contributed by atoms with van der Waals surface area (Å²) >= 11 is 0. The number of hydrogen-bond acceptors (Lipinski definition) is 2. The van der Waals surface area contributed by atoms with E-state index in [1.165, 1.54) is 22.3 Å². The summed E-state index contributed by atoms with van der Waals surface area (Å²) in [6, 6.07) is 11.4. The second kappa shape index (κ2) is 7.37. The van der Waals surface area contributed by atoms with Crippen molar-refractivity contribution >= 4 is 0 Å². The Kier molecular flexibility index (Phi) is 5.51. The molecule has 0 bridgehead atoms. The van der Waals surface area contributed by atoms with Crippen molar-refractivity contribution < 1.29 is 0 Å². The average molecular weight is 282 g/mol. The lowest BCUT2D eigenvalue weighted by Gasteiger charge is -2.22. The molecule has 2 rings (SSSR count). The topological polar surface area (TPSA) is 24.9 Å².